The summed E-state index contributed by atoms with van der Waals surface area (Å²) < 4.78 is 25.5. The van der Waals surface area contributed by atoms with Gasteiger partial charge in [-0.3, -0.25) is 0 Å². The first kappa shape index (κ1) is 10.7. The highest BCUT2D eigenvalue weighted by molar-refractivity contribution is 6.32. The summed E-state index contributed by atoms with van der Waals surface area (Å²) in [5.41, 5.74) is -0.143. The van der Waals surface area contributed by atoms with Crippen LogP contribution in [0.15, 0.2) is 18.2 Å². The van der Waals surface area contributed by atoms with Crippen molar-refractivity contribution in [1.82, 2.24) is 0 Å². The topological polar surface area (TPSA) is 37.3 Å². The van der Waals surface area contributed by atoms with Gasteiger partial charge in [0.2, 0.25) is 0 Å². The summed E-state index contributed by atoms with van der Waals surface area (Å²) in [5, 5.41) is 8.12. The fraction of sp³-hybridized carbons (Fsp3) is 0. The van der Waals surface area contributed by atoms with Gasteiger partial charge in [0.05, 0.1) is 5.02 Å². The summed E-state index contributed by atoms with van der Waals surface area (Å²) in [6.45, 7) is 0. The third-order valence-electron chi connectivity index (χ3n) is 1.44. The number of rotatable bonds is 2. The van der Waals surface area contributed by atoms with Gasteiger partial charge in [0.1, 0.15) is 11.6 Å². The predicted octanol–water partition coefficient (Wildman–Crippen LogP) is 2.72. The molecule has 0 aliphatic carbocycles. The number of hydrogen-bond acceptors (Lipinski definition) is 1. The van der Waals surface area contributed by atoms with Gasteiger partial charge >= 0.3 is 5.97 Å². The fourth-order valence-corrected chi connectivity index (χ4v) is 1.12. The quantitative estimate of drug-likeness (QED) is 0.775. The lowest BCUT2D eigenvalue weighted by Gasteiger charge is -1.99. The summed E-state index contributed by atoms with van der Waals surface area (Å²) >= 11 is 5.49. The van der Waals surface area contributed by atoms with Crippen LogP contribution in [0.2, 0.25) is 5.02 Å². The second-order valence-electron chi connectivity index (χ2n) is 2.45. The van der Waals surface area contributed by atoms with Gasteiger partial charge in [0.25, 0.3) is 0 Å². The van der Waals surface area contributed by atoms with Crippen molar-refractivity contribution in [2.24, 2.45) is 0 Å². The van der Waals surface area contributed by atoms with Crippen molar-refractivity contribution >= 4 is 23.6 Å². The van der Waals surface area contributed by atoms with Crippen LogP contribution in [-0.4, -0.2) is 11.1 Å². The van der Waals surface area contributed by atoms with E-state index < -0.39 is 17.6 Å². The van der Waals surface area contributed by atoms with Crippen LogP contribution < -0.4 is 0 Å². The molecule has 0 bridgehead atoms. The number of hydrogen-bond donors (Lipinski definition) is 1. The molecule has 2 nitrogen and oxygen atoms in total. The highest BCUT2D eigenvalue weighted by Crippen LogP contribution is 2.22. The Morgan fingerprint density at radius 3 is 2.57 bits per heavy atom. The molecular formula is C9H5ClF2O2. The van der Waals surface area contributed by atoms with Gasteiger partial charge in [-0.2, -0.15) is 0 Å². The second kappa shape index (κ2) is 4.19. The average molecular weight is 219 g/mol. The van der Waals surface area contributed by atoms with Crippen LogP contribution in [-0.2, 0) is 4.79 Å². The zero-order chi connectivity index (χ0) is 10.7. The summed E-state index contributed by atoms with van der Waals surface area (Å²) in [7, 11) is 0. The molecule has 0 heterocycles. The molecule has 14 heavy (non-hydrogen) atoms. The maximum atomic E-state index is 13.0. The Morgan fingerprint density at radius 1 is 1.43 bits per heavy atom. The van der Waals surface area contributed by atoms with Crippen LogP contribution in [0.3, 0.4) is 0 Å². The molecule has 0 saturated heterocycles. The van der Waals surface area contributed by atoms with E-state index in [9.17, 15) is 13.6 Å². The minimum absolute atomic E-state index is 0.143. The normalized spacial score (nSPS) is 10.8. The van der Waals surface area contributed by atoms with Gasteiger partial charge < -0.3 is 5.11 Å². The molecule has 1 rings (SSSR count). The molecule has 0 unspecified atom stereocenters. The second-order valence-corrected chi connectivity index (χ2v) is 2.86. The predicted molar refractivity (Wildman–Crippen MR) is 48.0 cm³/mol. The molecule has 0 saturated carbocycles. The molecule has 0 aliphatic heterocycles. The number of benzene rings is 1. The van der Waals surface area contributed by atoms with Crippen molar-refractivity contribution in [2.75, 3.05) is 0 Å². The van der Waals surface area contributed by atoms with Gasteiger partial charge in [-0.25, -0.2) is 13.6 Å². The van der Waals surface area contributed by atoms with Crippen LogP contribution >= 0.6 is 11.6 Å². The van der Waals surface area contributed by atoms with Crippen LogP contribution in [0.5, 0.6) is 0 Å². The Kier molecular flexibility index (Phi) is 3.19. The van der Waals surface area contributed by atoms with Gasteiger partial charge in [-0.15, -0.1) is 0 Å². The molecule has 0 atom stereocenters. The van der Waals surface area contributed by atoms with Crippen LogP contribution in [0.1, 0.15) is 5.56 Å². The molecule has 1 aromatic carbocycles. The summed E-state index contributed by atoms with van der Waals surface area (Å²) in [4.78, 5) is 10.1. The van der Waals surface area contributed by atoms with Crippen LogP contribution in [0.4, 0.5) is 8.78 Å². The van der Waals surface area contributed by atoms with E-state index in [1.807, 2.05) is 0 Å². The molecule has 1 aromatic rings. The number of aliphatic carboxylic acids is 1. The molecule has 1 N–H and O–H groups in total. The minimum atomic E-state index is -1.23. The monoisotopic (exact) mass is 218 g/mol. The summed E-state index contributed by atoms with van der Waals surface area (Å²) in [5.74, 6) is -2.93. The number of carbonyl (C=O) groups is 1. The maximum Gasteiger partial charge on any atom is 0.328 e. The minimum Gasteiger partial charge on any atom is -0.478 e. The van der Waals surface area contributed by atoms with E-state index in [0.717, 1.165) is 18.2 Å². The zero-order valence-electron chi connectivity index (χ0n) is 6.80. The third-order valence-corrected chi connectivity index (χ3v) is 1.75. The summed E-state index contributed by atoms with van der Waals surface area (Å²) in [6.07, 6.45) is 1.70. The van der Waals surface area contributed by atoms with Crippen molar-refractivity contribution in [2.45, 2.75) is 0 Å². The van der Waals surface area contributed by atoms with E-state index in [0.29, 0.717) is 6.07 Å². The molecular weight excluding hydrogens is 214 g/mol. The van der Waals surface area contributed by atoms with E-state index in [1.165, 1.54) is 0 Å². The summed E-state index contributed by atoms with van der Waals surface area (Å²) in [6, 6.07) is 1.54. The van der Waals surface area contributed by atoms with E-state index in [2.05, 4.69) is 0 Å². The first-order valence-corrected chi connectivity index (χ1v) is 3.94. The number of carboxylic acids is 1. The Hall–Kier alpha value is -1.42. The van der Waals surface area contributed by atoms with Crippen molar-refractivity contribution in [3.63, 3.8) is 0 Å². The Balaban J connectivity index is 3.15. The highest BCUT2D eigenvalue weighted by atomic mass is 35.5. The van der Waals surface area contributed by atoms with Gasteiger partial charge in [0.15, 0.2) is 0 Å². The van der Waals surface area contributed by atoms with Gasteiger partial charge in [0, 0.05) is 17.7 Å². The van der Waals surface area contributed by atoms with E-state index in [-0.39, 0.29) is 10.6 Å². The largest absolute Gasteiger partial charge is 0.478 e. The first-order valence-electron chi connectivity index (χ1n) is 3.56. The Labute approximate surface area is 83.4 Å². The van der Waals surface area contributed by atoms with Crippen molar-refractivity contribution in [1.29, 1.82) is 0 Å². The Bertz CT molecular complexity index is 379. The lowest BCUT2D eigenvalue weighted by molar-refractivity contribution is -0.131. The molecule has 5 heteroatoms. The van der Waals surface area contributed by atoms with Crippen molar-refractivity contribution in [3.8, 4) is 0 Å². The average Bonchev–Trinajstić information content (AvgIpc) is 2.01. The van der Waals surface area contributed by atoms with E-state index >= 15 is 0 Å². The lowest BCUT2D eigenvalue weighted by atomic mass is 10.2. The fourth-order valence-electron chi connectivity index (χ4n) is 0.867. The SMILES string of the molecule is O=C(O)/C=C/c1c(F)cc(F)cc1Cl. The highest BCUT2D eigenvalue weighted by Gasteiger charge is 2.07. The molecule has 0 aliphatic rings. The molecule has 0 spiro atoms. The smallest absolute Gasteiger partial charge is 0.328 e. The standard InChI is InChI=1S/C9H5ClF2O2/c10-7-3-5(11)4-8(12)6(7)1-2-9(13)14/h1-4H,(H,13,14)/b2-1+. The van der Waals surface area contributed by atoms with Crippen LogP contribution in [0, 0.1) is 11.6 Å². The zero-order valence-corrected chi connectivity index (χ0v) is 7.55. The number of carboxylic acid groups (broad SMARTS) is 1. The number of halogens is 3. The molecule has 74 valence electrons. The Morgan fingerprint density at radius 2 is 2.07 bits per heavy atom. The molecule has 0 amide bonds. The third kappa shape index (κ3) is 2.53. The van der Waals surface area contributed by atoms with Gasteiger partial charge in [-0.1, -0.05) is 11.6 Å². The first-order chi connectivity index (χ1) is 6.50. The van der Waals surface area contributed by atoms with Gasteiger partial charge in [-0.05, 0) is 12.1 Å². The van der Waals surface area contributed by atoms with E-state index in [4.69, 9.17) is 16.7 Å². The van der Waals surface area contributed by atoms with Crippen molar-refractivity contribution in [3.05, 3.63) is 40.4 Å². The van der Waals surface area contributed by atoms with Crippen LogP contribution in [0.25, 0.3) is 6.08 Å². The lowest BCUT2D eigenvalue weighted by Crippen LogP contribution is -1.90. The molecule has 0 aromatic heterocycles. The molecule has 0 fully saturated rings. The van der Waals surface area contributed by atoms with E-state index in [1.54, 1.807) is 0 Å². The maximum absolute atomic E-state index is 13.0. The van der Waals surface area contributed by atoms with Crippen molar-refractivity contribution < 1.29 is 18.7 Å². The molecule has 0 radical (unpaired) electrons.